The molecule has 0 unspecified atom stereocenters. The van der Waals surface area contributed by atoms with Gasteiger partial charge >= 0.3 is 0 Å². The number of rotatable bonds is 10. The lowest BCUT2D eigenvalue weighted by molar-refractivity contribution is -0.148. The first kappa shape index (κ1) is 30.7. The fourth-order valence-corrected chi connectivity index (χ4v) is 6.95. The predicted molar refractivity (Wildman–Crippen MR) is 161 cm³/mol. The summed E-state index contributed by atoms with van der Waals surface area (Å²) in [6.45, 7) is 7.30. The van der Waals surface area contributed by atoms with Crippen molar-refractivity contribution in [3.8, 4) is 5.75 Å². The largest absolute Gasteiger partial charge is 0.483 e. The van der Waals surface area contributed by atoms with E-state index in [0.717, 1.165) is 42.4 Å². The Hall–Kier alpha value is -3.24. The van der Waals surface area contributed by atoms with E-state index in [1.54, 1.807) is 12.1 Å². The number of nitrogen functional groups attached to an aromatic ring is 1. The molecule has 2 aliphatic rings. The highest BCUT2D eigenvalue weighted by atomic mass is 32.2. The van der Waals surface area contributed by atoms with Crippen LogP contribution in [0, 0.1) is 13.8 Å². The second-order valence-electron chi connectivity index (χ2n) is 11.7. The number of nitrogens with zero attached hydrogens (tertiary/aromatic N) is 1. The van der Waals surface area contributed by atoms with Gasteiger partial charge < -0.3 is 31.1 Å². The van der Waals surface area contributed by atoms with Gasteiger partial charge in [-0.15, -0.1) is 11.8 Å². The number of amides is 3. The topological polar surface area (TPSA) is 134 Å². The lowest BCUT2D eigenvalue weighted by Crippen LogP contribution is -2.59. The first-order valence-electron chi connectivity index (χ1n) is 14.2. The van der Waals surface area contributed by atoms with Gasteiger partial charge in [0.2, 0.25) is 5.91 Å². The van der Waals surface area contributed by atoms with Gasteiger partial charge in [0, 0.05) is 16.5 Å². The summed E-state index contributed by atoms with van der Waals surface area (Å²) in [6.07, 6.45) is 2.70. The highest BCUT2D eigenvalue weighted by Gasteiger charge is 2.50. The molecule has 0 spiro atoms. The number of ether oxygens (including phenoxy) is 1. The molecule has 4 rings (SSSR count). The van der Waals surface area contributed by atoms with Gasteiger partial charge in [0.1, 0.15) is 11.8 Å². The number of carbonyl (C=O) groups is 3. The van der Waals surface area contributed by atoms with Crippen molar-refractivity contribution in [3.63, 3.8) is 0 Å². The first-order chi connectivity index (χ1) is 19.5. The van der Waals surface area contributed by atoms with Crippen molar-refractivity contribution in [2.75, 3.05) is 18.2 Å². The maximum Gasteiger partial charge on any atom is 0.258 e. The Morgan fingerprint density at radius 3 is 2.39 bits per heavy atom. The summed E-state index contributed by atoms with van der Waals surface area (Å²) in [5, 5.41) is 17.3. The minimum Gasteiger partial charge on any atom is -0.483 e. The third-order valence-corrected chi connectivity index (χ3v) is 9.26. The molecule has 222 valence electrons. The lowest BCUT2D eigenvalue weighted by Gasteiger charge is -2.34. The number of benzene rings is 2. The van der Waals surface area contributed by atoms with Crippen LogP contribution in [0.5, 0.6) is 5.75 Å². The van der Waals surface area contributed by atoms with E-state index >= 15 is 0 Å². The first-order valence-corrected chi connectivity index (χ1v) is 15.2. The van der Waals surface area contributed by atoms with Gasteiger partial charge in [-0.1, -0.05) is 43.2 Å². The Balaban J connectivity index is 1.49. The summed E-state index contributed by atoms with van der Waals surface area (Å²) in [6, 6.07) is 11.4. The number of aliphatic hydroxyl groups excluding tert-OH is 1. The summed E-state index contributed by atoms with van der Waals surface area (Å²) in [7, 11) is 0. The molecule has 41 heavy (non-hydrogen) atoms. The highest BCUT2D eigenvalue weighted by molar-refractivity contribution is 8.00. The molecule has 1 aliphatic carbocycles. The van der Waals surface area contributed by atoms with Crippen LogP contribution >= 0.6 is 11.8 Å². The number of aliphatic hydroxyl groups is 1. The van der Waals surface area contributed by atoms with Gasteiger partial charge in [0.25, 0.3) is 11.8 Å². The van der Waals surface area contributed by atoms with Crippen LogP contribution in [0.25, 0.3) is 0 Å². The summed E-state index contributed by atoms with van der Waals surface area (Å²) < 4.78 is 5.28. The summed E-state index contributed by atoms with van der Waals surface area (Å²) in [5.74, 6) is -0.407. The second kappa shape index (κ2) is 13.2. The maximum absolute atomic E-state index is 13.8. The van der Waals surface area contributed by atoms with E-state index in [2.05, 4.69) is 10.6 Å². The standard InChI is InChI=1S/C31H42N4O5S/c1-19-14-22(32)15-20(2)27(19)40-17-25(36)34-24(16-21-10-6-5-7-11-21)26(37)30(39)35-18-41-31(3,4)28(35)29(38)33-23-12-8-9-13-23/h5-7,10-11,14-15,23-24,26,28,37H,8-9,12-13,16-18,32H2,1-4H3,(H,33,38)(H,34,36)/t24-,26-,28+/m0/s1. The summed E-state index contributed by atoms with van der Waals surface area (Å²) in [4.78, 5) is 41.7. The molecule has 1 heterocycles. The number of anilines is 1. The number of thioether (sulfide) groups is 1. The van der Waals surface area contributed by atoms with Gasteiger partial charge in [-0.25, -0.2) is 0 Å². The van der Waals surface area contributed by atoms with Crippen LogP contribution in [-0.4, -0.2) is 69.2 Å². The Morgan fingerprint density at radius 1 is 1.12 bits per heavy atom. The quantitative estimate of drug-likeness (QED) is 0.316. The molecule has 2 fully saturated rings. The number of nitrogens with one attached hydrogen (secondary N) is 2. The van der Waals surface area contributed by atoms with Gasteiger partial charge in [-0.05, 0) is 75.8 Å². The molecule has 5 N–H and O–H groups in total. The van der Waals surface area contributed by atoms with Crippen LogP contribution in [0.2, 0.25) is 0 Å². The van der Waals surface area contributed by atoms with Crippen LogP contribution in [0.15, 0.2) is 42.5 Å². The fraction of sp³-hybridized carbons (Fsp3) is 0.516. The van der Waals surface area contributed by atoms with Gasteiger partial charge in [0.05, 0.1) is 11.9 Å². The van der Waals surface area contributed by atoms with E-state index < -0.39 is 34.7 Å². The number of aryl methyl sites for hydroxylation is 2. The molecule has 2 aromatic carbocycles. The number of hydrogen-bond acceptors (Lipinski definition) is 7. The Morgan fingerprint density at radius 2 is 1.76 bits per heavy atom. The van der Waals surface area contributed by atoms with E-state index in [1.165, 1.54) is 16.7 Å². The lowest BCUT2D eigenvalue weighted by atomic mass is 9.97. The van der Waals surface area contributed by atoms with E-state index in [1.807, 2.05) is 58.0 Å². The molecule has 3 atom stereocenters. The second-order valence-corrected chi connectivity index (χ2v) is 13.3. The molecule has 0 bridgehead atoms. The minimum atomic E-state index is -1.56. The Labute approximate surface area is 246 Å². The van der Waals surface area contributed by atoms with Crippen molar-refractivity contribution in [3.05, 3.63) is 59.2 Å². The maximum atomic E-state index is 13.8. The third-order valence-electron chi connectivity index (χ3n) is 7.89. The van der Waals surface area contributed by atoms with E-state index in [4.69, 9.17) is 10.5 Å². The predicted octanol–water partition coefficient (Wildman–Crippen LogP) is 3.09. The Bertz CT molecular complexity index is 1230. The van der Waals surface area contributed by atoms with Gasteiger partial charge in [0.15, 0.2) is 12.7 Å². The zero-order chi connectivity index (χ0) is 29.7. The van der Waals surface area contributed by atoms with Gasteiger partial charge in [-0.3, -0.25) is 14.4 Å². The van der Waals surface area contributed by atoms with Crippen LogP contribution < -0.4 is 21.1 Å². The van der Waals surface area contributed by atoms with Crippen molar-refractivity contribution in [1.29, 1.82) is 0 Å². The monoisotopic (exact) mass is 582 g/mol. The third kappa shape index (κ3) is 7.54. The smallest absolute Gasteiger partial charge is 0.258 e. The van der Waals surface area contributed by atoms with E-state index in [0.29, 0.717) is 11.4 Å². The van der Waals surface area contributed by atoms with Crippen LogP contribution in [0.4, 0.5) is 5.69 Å². The van der Waals surface area contributed by atoms with Gasteiger partial charge in [-0.2, -0.15) is 0 Å². The molecule has 1 aliphatic heterocycles. The van der Waals surface area contributed by atoms with Crippen LogP contribution in [-0.2, 0) is 20.8 Å². The molecule has 1 saturated heterocycles. The van der Waals surface area contributed by atoms with Crippen LogP contribution in [0.1, 0.15) is 56.2 Å². The van der Waals surface area contributed by atoms with E-state index in [9.17, 15) is 19.5 Å². The molecule has 10 heteroatoms. The number of carbonyl (C=O) groups excluding carboxylic acids is 3. The zero-order valence-corrected chi connectivity index (χ0v) is 25.1. The zero-order valence-electron chi connectivity index (χ0n) is 24.3. The molecule has 3 amide bonds. The normalized spacial score (nSPS) is 19.9. The molecule has 0 aromatic heterocycles. The molecule has 9 nitrogen and oxygen atoms in total. The fourth-order valence-electron chi connectivity index (χ4n) is 5.81. The van der Waals surface area contributed by atoms with Crippen LogP contribution in [0.3, 0.4) is 0 Å². The molecule has 2 aromatic rings. The highest BCUT2D eigenvalue weighted by Crippen LogP contribution is 2.40. The molecular weight excluding hydrogens is 540 g/mol. The van der Waals surface area contributed by atoms with Crippen molar-refractivity contribution in [1.82, 2.24) is 15.5 Å². The van der Waals surface area contributed by atoms with Crippen molar-refractivity contribution in [2.45, 2.75) is 88.8 Å². The average molecular weight is 583 g/mol. The molecular formula is C31H42N4O5S. The number of nitrogens with two attached hydrogens (primary N) is 1. The van der Waals surface area contributed by atoms with E-state index in [-0.39, 0.29) is 30.9 Å². The molecule has 1 saturated carbocycles. The molecule has 0 radical (unpaired) electrons. The SMILES string of the molecule is Cc1cc(N)cc(C)c1OCC(=O)N[C@@H](Cc1ccccc1)[C@H](O)C(=O)N1CSC(C)(C)[C@H]1C(=O)NC1CCCC1. The Kier molecular flexibility index (Phi) is 9.86. The average Bonchev–Trinajstić information content (AvgIpc) is 3.54. The summed E-state index contributed by atoms with van der Waals surface area (Å²) >= 11 is 1.50. The van der Waals surface area contributed by atoms with Crippen molar-refractivity contribution in [2.24, 2.45) is 0 Å². The minimum absolute atomic E-state index is 0.115. The summed E-state index contributed by atoms with van der Waals surface area (Å²) in [5.41, 5.74) is 8.97. The van der Waals surface area contributed by atoms with Crippen molar-refractivity contribution >= 4 is 35.2 Å². The van der Waals surface area contributed by atoms with Crippen molar-refractivity contribution < 1.29 is 24.2 Å². The number of hydrogen-bond donors (Lipinski definition) is 4.